The summed E-state index contributed by atoms with van der Waals surface area (Å²) in [6.45, 7) is 9.74. The molecule has 1 atom stereocenters. The predicted molar refractivity (Wildman–Crippen MR) is 119 cm³/mol. The SMILES string of the molecule is CC(=O)c1c(C)[nH]c(C(=O)CN[C@H](c2ccc(C(C)C)cc2)c2cccs2)c1C. The molecule has 0 saturated carbocycles. The summed E-state index contributed by atoms with van der Waals surface area (Å²) in [5.74, 6) is 0.414. The second kappa shape index (κ2) is 8.89. The molecule has 0 aliphatic carbocycles. The number of Topliss-reactive ketones (excluding diaryl/α,β-unsaturated/α-hetero) is 2. The molecule has 0 spiro atoms. The third-order valence-electron chi connectivity index (χ3n) is 5.30. The summed E-state index contributed by atoms with van der Waals surface area (Å²) in [7, 11) is 0. The quantitative estimate of drug-likeness (QED) is 0.478. The average molecular weight is 409 g/mol. The zero-order chi connectivity index (χ0) is 21.1. The van der Waals surface area contributed by atoms with Crippen molar-refractivity contribution in [1.29, 1.82) is 0 Å². The summed E-state index contributed by atoms with van der Waals surface area (Å²) in [6.07, 6.45) is 0. The van der Waals surface area contributed by atoms with Crippen molar-refractivity contribution >= 4 is 22.9 Å². The number of rotatable bonds is 8. The number of nitrogens with one attached hydrogen (secondary N) is 2. The molecule has 2 aromatic heterocycles. The van der Waals surface area contributed by atoms with Crippen molar-refractivity contribution < 1.29 is 9.59 Å². The van der Waals surface area contributed by atoms with E-state index in [0.717, 1.165) is 16.8 Å². The molecule has 0 aliphatic heterocycles. The molecule has 0 radical (unpaired) electrons. The highest BCUT2D eigenvalue weighted by Gasteiger charge is 2.22. The number of aryl methyl sites for hydroxylation is 1. The second-order valence-electron chi connectivity index (χ2n) is 7.76. The largest absolute Gasteiger partial charge is 0.355 e. The first-order chi connectivity index (χ1) is 13.8. The van der Waals surface area contributed by atoms with Crippen molar-refractivity contribution in [2.24, 2.45) is 0 Å². The first-order valence-corrected chi connectivity index (χ1v) is 10.8. The Morgan fingerprint density at radius 3 is 2.24 bits per heavy atom. The van der Waals surface area contributed by atoms with E-state index in [0.29, 0.717) is 17.2 Å². The lowest BCUT2D eigenvalue weighted by Gasteiger charge is -2.18. The minimum atomic E-state index is -0.0520. The molecule has 0 amide bonds. The van der Waals surface area contributed by atoms with E-state index in [2.05, 4.69) is 54.5 Å². The van der Waals surface area contributed by atoms with E-state index in [1.807, 2.05) is 25.3 Å². The lowest BCUT2D eigenvalue weighted by molar-refractivity contribution is 0.0983. The number of thiophene rings is 1. The Balaban J connectivity index is 1.82. The van der Waals surface area contributed by atoms with E-state index < -0.39 is 0 Å². The summed E-state index contributed by atoms with van der Waals surface area (Å²) >= 11 is 1.67. The minimum Gasteiger partial charge on any atom is -0.355 e. The van der Waals surface area contributed by atoms with E-state index in [4.69, 9.17) is 0 Å². The molecule has 3 rings (SSSR count). The van der Waals surface area contributed by atoms with E-state index in [9.17, 15) is 9.59 Å². The first kappa shape index (κ1) is 21.2. The fraction of sp³-hybridized carbons (Fsp3) is 0.333. The van der Waals surface area contributed by atoms with Gasteiger partial charge in [0.2, 0.25) is 0 Å². The van der Waals surface area contributed by atoms with Gasteiger partial charge in [0, 0.05) is 16.1 Å². The molecule has 0 bridgehead atoms. The van der Waals surface area contributed by atoms with Gasteiger partial charge in [0.05, 0.1) is 18.3 Å². The highest BCUT2D eigenvalue weighted by atomic mass is 32.1. The Morgan fingerprint density at radius 2 is 1.72 bits per heavy atom. The Kier molecular flexibility index (Phi) is 6.50. The summed E-state index contributed by atoms with van der Waals surface area (Å²) in [5.41, 5.74) is 5.04. The zero-order valence-corrected chi connectivity index (χ0v) is 18.4. The van der Waals surface area contributed by atoms with E-state index in [1.54, 1.807) is 11.3 Å². The molecule has 152 valence electrons. The van der Waals surface area contributed by atoms with Crippen molar-refractivity contribution in [2.45, 2.75) is 46.6 Å². The molecule has 0 unspecified atom stereocenters. The summed E-state index contributed by atoms with van der Waals surface area (Å²) < 4.78 is 0. The number of hydrogen-bond donors (Lipinski definition) is 2. The highest BCUT2D eigenvalue weighted by Crippen LogP contribution is 2.28. The van der Waals surface area contributed by atoms with Crippen molar-refractivity contribution in [1.82, 2.24) is 10.3 Å². The smallest absolute Gasteiger partial charge is 0.193 e. The Bertz CT molecular complexity index is 998. The third kappa shape index (κ3) is 4.57. The molecule has 29 heavy (non-hydrogen) atoms. The van der Waals surface area contributed by atoms with Crippen LogP contribution < -0.4 is 5.32 Å². The van der Waals surface area contributed by atoms with Gasteiger partial charge < -0.3 is 4.98 Å². The standard InChI is InChI=1S/C24H28N2O2S/c1-14(2)18-8-10-19(11-9-18)24(21-7-6-12-29-21)25-13-20(28)23-15(3)22(17(5)27)16(4)26-23/h6-12,14,24-26H,13H2,1-5H3/t24-/m1/s1. The van der Waals surface area contributed by atoms with Gasteiger partial charge in [-0.1, -0.05) is 44.2 Å². The maximum Gasteiger partial charge on any atom is 0.193 e. The molecule has 0 fully saturated rings. The zero-order valence-electron chi connectivity index (χ0n) is 17.6. The Labute approximate surface area is 176 Å². The summed E-state index contributed by atoms with van der Waals surface area (Å²) in [6, 6.07) is 12.6. The van der Waals surface area contributed by atoms with Crippen LogP contribution in [-0.2, 0) is 0 Å². The van der Waals surface area contributed by atoms with Crippen molar-refractivity contribution in [3.63, 3.8) is 0 Å². The molecule has 5 heteroatoms. The molecular formula is C24H28N2O2S. The maximum atomic E-state index is 12.9. The highest BCUT2D eigenvalue weighted by molar-refractivity contribution is 7.10. The molecule has 3 aromatic rings. The van der Waals surface area contributed by atoms with Crippen LogP contribution in [0.3, 0.4) is 0 Å². The van der Waals surface area contributed by atoms with Gasteiger partial charge in [0.15, 0.2) is 11.6 Å². The van der Waals surface area contributed by atoms with Crippen LogP contribution in [0.4, 0.5) is 0 Å². The molecule has 2 N–H and O–H groups in total. The molecule has 0 saturated heterocycles. The van der Waals surface area contributed by atoms with Gasteiger partial charge in [0.25, 0.3) is 0 Å². The Morgan fingerprint density at radius 1 is 1.07 bits per heavy atom. The number of aromatic amines is 1. The van der Waals surface area contributed by atoms with Gasteiger partial charge in [-0.25, -0.2) is 0 Å². The number of H-pyrrole nitrogens is 1. The van der Waals surface area contributed by atoms with Crippen LogP contribution in [0.2, 0.25) is 0 Å². The summed E-state index contributed by atoms with van der Waals surface area (Å²) in [4.78, 5) is 29.0. The number of carbonyl (C=O) groups excluding carboxylic acids is 2. The molecule has 1 aromatic carbocycles. The van der Waals surface area contributed by atoms with Crippen molar-refractivity contribution in [3.05, 3.63) is 80.3 Å². The van der Waals surface area contributed by atoms with Crippen molar-refractivity contribution in [2.75, 3.05) is 6.54 Å². The molecule has 0 aliphatic rings. The molecule has 2 heterocycles. The fourth-order valence-corrected chi connectivity index (χ4v) is 4.58. The van der Waals surface area contributed by atoms with E-state index in [-0.39, 0.29) is 24.2 Å². The van der Waals surface area contributed by atoms with Gasteiger partial charge in [-0.05, 0) is 54.8 Å². The maximum absolute atomic E-state index is 12.9. The van der Waals surface area contributed by atoms with E-state index >= 15 is 0 Å². The number of carbonyl (C=O) groups is 2. The third-order valence-corrected chi connectivity index (χ3v) is 6.24. The number of ketones is 2. The lowest BCUT2D eigenvalue weighted by Crippen LogP contribution is -2.28. The van der Waals surface area contributed by atoms with Crippen LogP contribution in [0.25, 0.3) is 0 Å². The minimum absolute atomic E-state index is 0.0232. The topological polar surface area (TPSA) is 62.0 Å². The molecular weight excluding hydrogens is 380 g/mol. The van der Waals surface area contributed by atoms with Gasteiger partial charge >= 0.3 is 0 Å². The average Bonchev–Trinajstić information content (AvgIpc) is 3.30. The number of aromatic nitrogens is 1. The second-order valence-corrected chi connectivity index (χ2v) is 8.73. The normalized spacial score (nSPS) is 12.3. The number of benzene rings is 1. The Hall–Kier alpha value is -2.50. The van der Waals surface area contributed by atoms with Crippen LogP contribution >= 0.6 is 11.3 Å². The fourth-order valence-electron chi connectivity index (χ4n) is 3.75. The molecule has 4 nitrogen and oxygen atoms in total. The number of hydrogen-bond acceptors (Lipinski definition) is 4. The van der Waals surface area contributed by atoms with Gasteiger partial charge in [-0.15, -0.1) is 11.3 Å². The van der Waals surface area contributed by atoms with Crippen LogP contribution in [0.15, 0.2) is 41.8 Å². The van der Waals surface area contributed by atoms with E-state index in [1.165, 1.54) is 17.4 Å². The van der Waals surface area contributed by atoms with Crippen LogP contribution in [-0.4, -0.2) is 23.1 Å². The van der Waals surface area contributed by atoms with Gasteiger partial charge in [-0.3, -0.25) is 14.9 Å². The van der Waals surface area contributed by atoms with Crippen LogP contribution in [0.5, 0.6) is 0 Å². The van der Waals surface area contributed by atoms with Gasteiger partial charge in [-0.2, -0.15) is 0 Å². The predicted octanol–water partition coefficient (Wildman–Crippen LogP) is 5.58. The first-order valence-electron chi connectivity index (χ1n) is 9.89. The van der Waals surface area contributed by atoms with Crippen LogP contribution in [0.1, 0.15) is 80.8 Å². The lowest BCUT2D eigenvalue weighted by atomic mass is 9.98. The van der Waals surface area contributed by atoms with Crippen LogP contribution in [0, 0.1) is 13.8 Å². The summed E-state index contributed by atoms with van der Waals surface area (Å²) in [5, 5.41) is 5.47. The monoisotopic (exact) mass is 408 g/mol. The van der Waals surface area contributed by atoms with Gasteiger partial charge in [0.1, 0.15) is 0 Å². The van der Waals surface area contributed by atoms with Crippen molar-refractivity contribution in [3.8, 4) is 0 Å².